The molecule has 1 N–H and O–H groups in total. The third-order valence-electron chi connectivity index (χ3n) is 6.85. The number of carbonyl (C=O) groups is 1. The number of benzene rings is 1. The summed E-state index contributed by atoms with van der Waals surface area (Å²) in [5.74, 6) is -1.31. The second-order valence-corrected chi connectivity index (χ2v) is 10.3. The Labute approximate surface area is 189 Å². The smallest absolute Gasteiger partial charge is 0.459 e. The van der Waals surface area contributed by atoms with Gasteiger partial charge in [0.15, 0.2) is 12.1 Å². The lowest BCUT2D eigenvalue weighted by atomic mass is 9.69. The van der Waals surface area contributed by atoms with Gasteiger partial charge in [-0.3, -0.25) is 0 Å². The van der Waals surface area contributed by atoms with Gasteiger partial charge in [0.1, 0.15) is 24.9 Å². The van der Waals surface area contributed by atoms with E-state index in [9.17, 15) is 9.90 Å². The van der Waals surface area contributed by atoms with Gasteiger partial charge in [0.25, 0.3) is 0 Å². The molecule has 32 heavy (non-hydrogen) atoms. The van der Waals surface area contributed by atoms with Crippen LogP contribution in [0, 0.1) is 0 Å². The summed E-state index contributed by atoms with van der Waals surface area (Å²) >= 11 is 0. The van der Waals surface area contributed by atoms with Gasteiger partial charge in [-0.15, -0.1) is 0 Å². The van der Waals surface area contributed by atoms with Crippen molar-refractivity contribution in [1.82, 2.24) is 0 Å². The Kier molecular flexibility index (Phi) is 5.97. The highest BCUT2D eigenvalue weighted by atomic mass is 16.8. The number of ether oxygens (including phenoxy) is 4. The number of esters is 1. The van der Waals surface area contributed by atoms with Gasteiger partial charge < -0.3 is 33.4 Å². The fourth-order valence-electron chi connectivity index (χ4n) is 4.11. The summed E-state index contributed by atoms with van der Waals surface area (Å²) in [5, 5.41) is 10.4. The van der Waals surface area contributed by atoms with Crippen LogP contribution in [0.25, 0.3) is 0 Å². The van der Waals surface area contributed by atoms with E-state index in [0.717, 1.165) is 5.56 Å². The molecule has 1 aromatic carbocycles. The molecule has 0 radical (unpaired) electrons. The van der Waals surface area contributed by atoms with E-state index in [1.165, 1.54) is 0 Å². The summed E-state index contributed by atoms with van der Waals surface area (Å²) in [5.41, 5.74) is 0.621. The maximum Gasteiger partial charge on any atom is 0.465 e. The van der Waals surface area contributed by atoms with E-state index in [1.807, 2.05) is 46.8 Å². The number of hydrogen-bond donors (Lipinski definition) is 1. The van der Waals surface area contributed by atoms with Crippen LogP contribution in [0.1, 0.15) is 70.2 Å². The van der Waals surface area contributed by atoms with Crippen molar-refractivity contribution in [2.75, 3.05) is 6.61 Å². The quantitative estimate of drug-likeness (QED) is 0.543. The fraction of sp³-hybridized carbons (Fsp3) is 0.696. The third-order valence-corrected chi connectivity index (χ3v) is 6.85. The van der Waals surface area contributed by atoms with Crippen molar-refractivity contribution in [1.29, 1.82) is 0 Å². The maximum absolute atomic E-state index is 12.5. The van der Waals surface area contributed by atoms with Crippen molar-refractivity contribution in [3.05, 3.63) is 35.4 Å². The molecule has 9 heteroatoms. The number of rotatable bonds is 5. The zero-order valence-corrected chi connectivity index (χ0v) is 19.8. The van der Waals surface area contributed by atoms with Gasteiger partial charge in [0.2, 0.25) is 0 Å². The van der Waals surface area contributed by atoms with Crippen LogP contribution in [0.3, 0.4) is 0 Å². The minimum Gasteiger partial charge on any atom is -0.459 e. The standard InChI is InChI=1S/C23H33BO8/c1-13(24-31-21(2,3)22(4,5)32-24)14-8-10-15(11-9-14)19(26)27-12-16-17(25)18-20(28-16)30-23(6,7)29-18/h8-11,13,16-18,20,25H,12H2,1-7H3/t13-,16+,17-,18+,20+/m0/s1. The highest BCUT2D eigenvalue weighted by Gasteiger charge is 2.55. The minimum absolute atomic E-state index is 0.00758. The van der Waals surface area contributed by atoms with E-state index in [0.29, 0.717) is 5.56 Å². The molecule has 0 saturated carbocycles. The molecule has 3 aliphatic rings. The van der Waals surface area contributed by atoms with Crippen molar-refractivity contribution in [3.63, 3.8) is 0 Å². The van der Waals surface area contributed by atoms with Gasteiger partial charge in [-0.25, -0.2) is 4.79 Å². The number of hydrogen-bond acceptors (Lipinski definition) is 8. The Bertz CT molecular complexity index is 836. The summed E-state index contributed by atoms with van der Waals surface area (Å²) in [6.07, 6.45) is -2.89. The Balaban J connectivity index is 1.31. The van der Waals surface area contributed by atoms with Gasteiger partial charge in [-0.1, -0.05) is 19.1 Å². The van der Waals surface area contributed by atoms with Crippen LogP contribution in [-0.4, -0.2) is 66.4 Å². The second kappa shape index (κ2) is 8.08. The normalized spacial score (nSPS) is 33.2. The maximum atomic E-state index is 12.5. The predicted octanol–water partition coefficient (Wildman–Crippen LogP) is 2.82. The fourth-order valence-corrected chi connectivity index (χ4v) is 4.11. The summed E-state index contributed by atoms with van der Waals surface area (Å²) in [6.45, 7) is 13.6. The Morgan fingerprint density at radius 3 is 2.22 bits per heavy atom. The zero-order valence-electron chi connectivity index (χ0n) is 19.8. The molecule has 5 atom stereocenters. The van der Waals surface area contributed by atoms with Gasteiger partial charge in [0, 0.05) is 5.82 Å². The van der Waals surface area contributed by atoms with E-state index in [4.69, 9.17) is 28.3 Å². The van der Waals surface area contributed by atoms with Gasteiger partial charge >= 0.3 is 13.1 Å². The predicted molar refractivity (Wildman–Crippen MR) is 116 cm³/mol. The summed E-state index contributed by atoms with van der Waals surface area (Å²) in [7, 11) is -0.368. The van der Waals surface area contributed by atoms with Crippen molar-refractivity contribution < 1.29 is 38.2 Å². The minimum atomic E-state index is -0.933. The molecule has 4 rings (SSSR count). The first-order valence-corrected chi connectivity index (χ1v) is 11.1. The summed E-state index contributed by atoms with van der Waals surface area (Å²) < 4.78 is 34.6. The Hall–Kier alpha value is -1.49. The van der Waals surface area contributed by atoms with Crippen molar-refractivity contribution in [2.45, 2.75) is 95.9 Å². The highest BCUT2D eigenvalue weighted by molar-refractivity contribution is 6.47. The SMILES string of the molecule is C[C@H](B1OC(C)(C)C(C)(C)O1)c1ccc(C(=O)OC[C@H]2O[C@@H]3OC(C)(C)O[C@@H]3[C@H]2O)cc1. The monoisotopic (exact) mass is 448 g/mol. The number of aliphatic hydroxyl groups is 1. The van der Waals surface area contributed by atoms with Gasteiger partial charge in [0.05, 0.1) is 16.8 Å². The van der Waals surface area contributed by atoms with Crippen LogP contribution >= 0.6 is 0 Å². The van der Waals surface area contributed by atoms with Gasteiger partial charge in [-0.2, -0.15) is 0 Å². The largest absolute Gasteiger partial charge is 0.465 e. The van der Waals surface area contributed by atoms with E-state index in [1.54, 1.807) is 26.0 Å². The molecular weight excluding hydrogens is 415 g/mol. The molecule has 3 heterocycles. The molecule has 8 nitrogen and oxygen atoms in total. The van der Waals surface area contributed by atoms with E-state index >= 15 is 0 Å². The zero-order chi connectivity index (χ0) is 23.5. The molecule has 0 aliphatic carbocycles. The first kappa shape index (κ1) is 23.7. The summed E-state index contributed by atoms with van der Waals surface area (Å²) in [4.78, 5) is 12.5. The van der Waals surface area contributed by atoms with Crippen LogP contribution < -0.4 is 0 Å². The van der Waals surface area contributed by atoms with Crippen molar-refractivity contribution in [3.8, 4) is 0 Å². The average Bonchev–Trinajstić information content (AvgIpc) is 3.24. The van der Waals surface area contributed by atoms with E-state index < -0.39 is 47.6 Å². The molecule has 176 valence electrons. The van der Waals surface area contributed by atoms with Crippen LogP contribution in [0.2, 0.25) is 0 Å². The number of aliphatic hydroxyl groups excluding tert-OH is 1. The molecule has 3 aliphatic heterocycles. The van der Waals surface area contributed by atoms with Crippen molar-refractivity contribution in [2.24, 2.45) is 0 Å². The molecule has 1 aromatic rings. The van der Waals surface area contributed by atoms with E-state index in [2.05, 4.69) is 0 Å². The molecule has 0 aromatic heterocycles. The number of carbonyl (C=O) groups excluding carboxylic acids is 1. The van der Waals surface area contributed by atoms with Crippen LogP contribution in [0.15, 0.2) is 24.3 Å². The number of fused-ring (bicyclic) bond motifs is 1. The second-order valence-electron chi connectivity index (χ2n) is 10.3. The van der Waals surface area contributed by atoms with E-state index in [-0.39, 0.29) is 19.5 Å². The molecular formula is C23H33BO8. The average molecular weight is 448 g/mol. The van der Waals surface area contributed by atoms with Crippen molar-refractivity contribution >= 4 is 13.1 Å². The lowest BCUT2D eigenvalue weighted by Crippen LogP contribution is -2.41. The molecule has 0 bridgehead atoms. The van der Waals surface area contributed by atoms with Crippen LogP contribution in [0.4, 0.5) is 0 Å². The lowest BCUT2D eigenvalue weighted by molar-refractivity contribution is -0.218. The molecule has 0 amide bonds. The molecule has 3 saturated heterocycles. The van der Waals surface area contributed by atoms with Gasteiger partial charge in [-0.05, 0) is 59.2 Å². The Morgan fingerprint density at radius 1 is 1.06 bits per heavy atom. The third kappa shape index (κ3) is 4.34. The molecule has 0 unspecified atom stereocenters. The highest BCUT2D eigenvalue weighted by Crippen LogP contribution is 2.41. The van der Waals surface area contributed by atoms with Crippen LogP contribution in [-0.2, 0) is 28.3 Å². The summed E-state index contributed by atoms with van der Waals surface area (Å²) in [6, 6.07) is 7.19. The first-order chi connectivity index (χ1) is 14.8. The topological polar surface area (TPSA) is 92.7 Å². The first-order valence-electron chi connectivity index (χ1n) is 11.1. The lowest BCUT2D eigenvalue weighted by Gasteiger charge is -2.32. The molecule has 0 spiro atoms. The Morgan fingerprint density at radius 2 is 1.66 bits per heavy atom. The van der Waals surface area contributed by atoms with Crippen LogP contribution in [0.5, 0.6) is 0 Å². The molecule has 3 fully saturated rings.